The summed E-state index contributed by atoms with van der Waals surface area (Å²) in [6.07, 6.45) is 1.84. The fourth-order valence-electron chi connectivity index (χ4n) is 2.30. The van der Waals surface area contributed by atoms with Gasteiger partial charge in [-0.1, -0.05) is 42.5 Å². The highest BCUT2D eigenvalue weighted by Crippen LogP contribution is 2.09. The molecule has 26 heavy (non-hydrogen) atoms. The molecule has 0 aliphatic rings. The van der Waals surface area contributed by atoms with Crippen LogP contribution in [0.2, 0.25) is 0 Å². The first kappa shape index (κ1) is 19.7. The van der Waals surface area contributed by atoms with E-state index in [4.69, 9.17) is 4.74 Å². The Kier molecular flexibility index (Phi) is 6.91. The molecule has 1 amide bonds. The molecule has 2 aromatic carbocycles. The van der Waals surface area contributed by atoms with Gasteiger partial charge in [-0.3, -0.25) is 4.79 Å². The van der Waals surface area contributed by atoms with Crippen LogP contribution in [0.3, 0.4) is 0 Å². The lowest BCUT2D eigenvalue weighted by atomic mass is 10.1. The molecule has 0 saturated heterocycles. The molecular formula is C19H21NO5S. The Morgan fingerprint density at radius 3 is 2.23 bits per heavy atom. The van der Waals surface area contributed by atoms with Gasteiger partial charge >= 0.3 is 5.97 Å². The normalized spacial score (nSPS) is 11.0. The molecule has 0 aliphatic carbocycles. The standard InChI is InChI=1S/C19H21NO5S/c1-26(23,24)14-16-7-9-17(10-8-16)19(22)25-13-18(21)20-12-11-15-5-3-2-4-6-15/h2-10H,11-14H2,1H3,(H,20,21). The zero-order chi connectivity index (χ0) is 19.0. The Morgan fingerprint density at radius 2 is 1.62 bits per heavy atom. The molecule has 0 unspecified atom stereocenters. The van der Waals surface area contributed by atoms with Gasteiger partial charge in [-0.25, -0.2) is 13.2 Å². The molecule has 7 heteroatoms. The number of hydrogen-bond donors (Lipinski definition) is 1. The van der Waals surface area contributed by atoms with Crippen LogP contribution in [-0.2, 0) is 31.5 Å². The Morgan fingerprint density at radius 1 is 0.962 bits per heavy atom. The van der Waals surface area contributed by atoms with Crippen LogP contribution in [0.15, 0.2) is 54.6 Å². The third kappa shape index (κ3) is 7.06. The SMILES string of the molecule is CS(=O)(=O)Cc1ccc(C(=O)OCC(=O)NCCc2ccccc2)cc1. The second-order valence-corrected chi connectivity index (χ2v) is 8.07. The second kappa shape index (κ2) is 9.15. The molecule has 138 valence electrons. The molecule has 2 aromatic rings. The summed E-state index contributed by atoms with van der Waals surface area (Å²) >= 11 is 0. The number of carbonyl (C=O) groups is 2. The molecule has 0 spiro atoms. The van der Waals surface area contributed by atoms with Gasteiger partial charge in [0, 0.05) is 12.8 Å². The predicted molar refractivity (Wildman–Crippen MR) is 98.4 cm³/mol. The van der Waals surface area contributed by atoms with E-state index in [0.29, 0.717) is 18.5 Å². The average molecular weight is 375 g/mol. The van der Waals surface area contributed by atoms with Crippen molar-refractivity contribution in [3.63, 3.8) is 0 Å². The summed E-state index contributed by atoms with van der Waals surface area (Å²) in [5, 5.41) is 2.69. The van der Waals surface area contributed by atoms with E-state index >= 15 is 0 Å². The van der Waals surface area contributed by atoms with Gasteiger partial charge in [0.25, 0.3) is 5.91 Å². The third-order valence-electron chi connectivity index (χ3n) is 3.53. The lowest BCUT2D eigenvalue weighted by Gasteiger charge is -2.07. The molecular weight excluding hydrogens is 354 g/mol. The quantitative estimate of drug-likeness (QED) is 0.710. The van der Waals surface area contributed by atoms with Crippen molar-refractivity contribution >= 4 is 21.7 Å². The number of ether oxygens (including phenoxy) is 1. The van der Waals surface area contributed by atoms with Gasteiger partial charge in [0.2, 0.25) is 0 Å². The van der Waals surface area contributed by atoms with E-state index in [1.807, 2.05) is 30.3 Å². The van der Waals surface area contributed by atoms with E-state index in [0.717, 1.165) is 11.8 Å². The molecule has 0 heterocycles. The van der Waals surface area contributed by atoms with E-state index in [1.165, 1.54) is 12.1 Å². The van der Waals surface area contributed by atoms with Crippen LogP contribution in [-0.4, -0.2) is 39.7 Å². The first-order chi connectivity index (χ1) is 12.3. The number of hydrogen-bond acceptors (Lipinski definition) is 5. The van der Waals surface area contributed by atoms with Crippen LogP contribution in [0.5, 0.6) is 0 Å². The van der Waals surface area contributed by atoms with Gasteiger partial charge in [-0.05, 0) is 29.7 Å². The Labute approximate surface area is 153 Å². The van der Waals surface area contributed by atoms with E-state index in [-0.39, 0.29) is 23.8 Å². The Balaban J connectivity index is 1.74. The van der Waals surface area contributed by atoms with Crippen LogP contribution >= 0.6 is 0 Å². The number of benzene rings is 2. The van der Waals surface area contributed by atoms with Gasteiger partial charge in [0.15, 0.2) is 16.4 Å². The van der Waals surface area contributed by atoms with E-state index in [9.17, 15) is 18.0 Å². The van der Waals surface area contributed by atoms with Gasteiger partial charge in [0.1, 0.15) is 0 Å². The molecule has 0 fully saturated rings. The van der Waals surface area contributed by atoms with E-state index in [1.54, 1.807) is 12.1 Å². The number of rotatable bonds is 8. The maximum atomic E-state index is 11.9. The summed E-state index contributed by atoms with van der Waals surface area (Å²) in [4.78, 5) is 23.6. The van der Waals surface area contributed by atoms with E-state index in [2.05, 4.69) is 5.32 Å². The van der Waals surface area contributed by atoms with Gasteiger partial charge < -0.3 is 10.1 Å². The summed E-state index contributed by atoms with van der Waals surface area (Å²) in [6, 6.07) is 15.8. The fraction of sp³-hybridized carbons (Fsp3) is 0.263. The van der Waals surface area contributed by atoms with Crippen molar-refractivity contribution in [1.82, 2.24) is 5.32 Å². The number of esters is 1. The number of carbonyl (C=O) groups excluding carboxylic acids is 2. The first-order valence-corrected chi connectivity index (χ1v) is 10.1. The minimum Gasteiger partial charge on any atom is -0.452 e. The average Bonchev–Trinajstić information content (AvgIpc) is 2.60. The van der Waals surface area contributed by atoms with Crippen LogP contribution in [0.25, 0.3) is 0 Å². The lowest BCUT2D eigenvalue weighted by Crippen LogP contribution is -2.30. The van der Waals surface area contributed by atoms with Crippen molar-refractivity contribution in [2.75, 3.05) is 19.4 Å². The van der Waals surface area contributed by atoms with Crippen molar-refractivity contribution in [3.05, 3.63) is 71.3 Å². The molecule has 0 bridgehead atoms. The summed E-state index contributed by atoms with van der Waals surface area (Å²) in [6.45, 7) is 0.0965. The van der Waals surface area contributed by atoms with Crippen molar-refractivity contribution < 1.29 is 22.7 Å². The highest BCUT2D eigenvalue weighted by atomic mass is 32.2. The number of sulfone groups is 1. The zero-order valence-electron chi connectivity index (χ0n) is 14.5. The van der Waals surface area contributed by atoms with Crippen molar-refractivity contribution in [2.24, 2.45) is 0 Å². The third-order valence-corrected chi connectivity index (χ3v) is 4.39. The summed E-state index contributed by atoms with van der Waals surface area (Å²) in [5.41, 5.74) is 1.96. The molecule has 0 radical (unpaired) electrons. The minimum absolute atomic E-state index is 0.0911. The van der Waals surface area contributed by atoms with Crippen molar-refractivity contribution in [3.8, 4) is 0 Å². The second-order valence-electron chi connectivity index (χ2n) is 5.93. The number of nitrogens with one attached hydrogen (secondary N) is 1. The monoisotopic (exact) mass is 375 g/mol. The fourth-order valence-corrected chi connectivity index (χ4v) is 3.09. The van der Waals surface area contributed by atoms with Crippen LogP contribution in [0.1, 0.15) is 21.5 Å². The van der Waals surface area contributed by atoms with Crippen molar-refractivity contribution in [2.45, 2.75) is 12.2 Å². The van der Waals surface area contributed by atoms with Gasteiger partial charge in [0.05, 0.1) is 11.3 Å². The molecule has 2 rings (SSSR count). The largest absolute Gasteiger partial charge is 0.452 e. The van der Waals surface area contributed by atoms with Crippen LogP contribution in [0, 0.1) is 0 Å². The topological polar surface area (TPSA) is 89.5 Å². The molecule has 0 atom stereocenters. The summed E-state index contributed by atoms with van der Waals surface area (Å²) in [7, 11) is -3.13. The summed E-state index contributed by atoms with van der Waals surface area (Å²) < 4.78 is 27.4. The molecule has 0 aliphatic heterocycles. The van der Waals surface area contributed by atoms with Crippen molar-refractivity contribution in [1.29, 1.82) is 0 Å². The predicted octanol–water partition coefficient (Wildman–Crippen LogP) is 1.75. The van der Waals surface area contributed by atoms with Crippen LogP contribution < -0.4 is 5.32 Å². The van der Waals surface area contributed by atoms with Gasteiger partial charge in [-0.2, -0.15) is 0 Å². The Bertz CT molecular complexity index is 845. The first-order valence-electron chi connectivity index (χ1n) is 8.08. The van der Waals surface area contributed by atoms with Gasteiger partial charge in [-0.15, -0.1) is 0 Å². The highest BCUT2D eigenvalue weighted by molar-refractivity contribution is 7.89. The molecule has 0 saturated carbocycles. The summed E-state index contributed by atoms with van der Waals surface area (Å²) in [5.74, 6) is -1.09. The molecule has 6 nitrogen and oxygen atoms in total. The zero-order valence-corrected chi connectivity index (χ0v) is 15.3. The maximum Gasteiger partial charge on any atom is 0.338 e. The Hall–Kier alpha value is -2.67. The van der Waals surface area contributed by atoms with E-state index < -0.39 is 15.8 Å². The molecule has 1 N–H and O–H groups in total. The minimum atomic E-state index is -3.13. The smallest absolute Gasteiger partial charge is 0.338 e. The number of amides is 1. The lowest BCUT2D eigenvalue weighted by molar-refractivity contribution is -0.124. The van der Waals surface area contributed by atoms with Crippen LogP contribution in [0.4, 0.5) is 0 Å². The highest BCUT2D eigenvalue weighted by Gasteiger charge is 2.11. The molecule has 0 aromatic heterocycles. The maximum absolute atomic E-state index is 11.9.